The summed E-state index contributed by atoms with van der Waals surface area (Å²) in [7, 11) is 0. The molecule has 3 unspecified atom stereocenters. The molecule has 136 valence electrons. The highest BCUT2D eigenvalue weighted by molar-refractivity contribution is 7.16. The topological polar surface area (TPSA) is 79.4 Å². The molecule has 8 heteroatoms. The average molecular weight is 390 g/mol. The number of imide groups is 1. The molecule has 2 fully saturated rings. The van der Waals surface area contributed by atoms with Gasteiger partial charge in [-0.1, -0.05) is 18.9 Å². The van der Waals surface area contributed by atoms with E-state index in [1.165, 1.54) is 16.2 Å². The van der Waals surface area contributed by atoms with Crippen LogP contribution in [0.15, 0.2) is 22.9 Å². The molecule has 0 radical (unpaired) electrons. The maximum absolute atomic E-state index is 12.6. The third-order valence-electron chi connectivity index (χ3n) is 5.15. The van der Waals surface area contributed by atoms with Crippen LogP contribution in [0.3, 0.4) is 0 Å². The minimum atomic E-state index is -0.824. The summed E-state index contributed by atoms with van der Waals surface area (Å²) in [6.45, 7) is 1.61. The van der Waals surface area contributed by atoms with Crippen LogP contribution in [-0.2, 0) is 14.4 Å². The number of likely N-dealkylation sites (tertiary alicyclic amines) is 1. The van der Waals surface area contributed by atoms with E-state index in [1.54, 1.807) is 18.3 Å². The summed E-state index contributed by atoms with van der Waals surface area (Å²) in [4.78, 5) is 44.5. The number of thiazole rings is 1. The molecule has 3 atom stereocenters. The van der Waals surface area contributed by atoms with Crippen molar-refractivity contribution in [1.82, 2.24) is 9.88 Å². The van der Waals surface area contributed by atoms with Gasteiger partial charge in [-0.25, -0.2) is 4.98 Å². The minimum Gasteiger partial charge on any atom is -0.300 e. The van der Waals surface area contributed by atoms with E-state index in [9.17, 15) is 14.4 Å². The zero-order valence-corrected chi connectivity index (χ0v) is 15.9. The van der Waals surface area contributed by atoms with Gasteiger partial charge in [-0.05, 0) is 31.2 Å². The summed E-state index contributed by atoms with van der Waals surface area (Å²) in [5.41, 5.74) is 0.812. The summed E-state index contributed by atoms with van der Waals surface area (Å²) in [6, 6.07) is 3.09. The number of hydrogen-bond acceptors (Lipinski definition) is 6. The summed E-state index contributed by atoms with van der Waals surface area (Å²) < 4.78 is 0. The molecule has 4 rings (SSSR count). The third-order valence-corrected chi connectivity index (χ3v) is 6.80. The Labute approximate surface area is 159 Å². The predicted molar refractivity (Wildman–Crippen MR) is 101 cm³/mol. The van der Waals surface area contributed by atoms with Crippen molar-refractivity contribution in [3.63, 3.8) is 0 Å². The fourth-order valence-corrected chi connectivity index (χ4v) is 5.24. The smallest absolute Gasteiger partial charge is 0.249 e. The zero-order chi connectivity index (χ0) is 18.3. The van der Waals surface area contributed by atoms with Gasteiger partial charge < -0.3 is 5.32 Å². The van der Waals surface area contributed by atoms with Gasteiger partial charge in [-0.15, -0.1) is 22.7 Å². The molecule has 1 saturated heterocycles. The van der Waals surface area contributed by atoms with E-state index in [0.29, 0.717) is 5.13 Å². The van der Waals surface area contributed by atoms with E-state index in [2.05, 4.69) is 10.3 Å². The number of amides is 3. The quantitative estimate of drug-likeness (QED) is 0.813. The Hall–Kier alpha value is -2.06. The molecular weight excluding hydrogens is 370 g/mol. The number of fused-ring (bicyclic) bond motifs is 1. The molecular formula is C18H19N3O3S2. The van der Waals surface area contributed by atoms with Gasteiger partial charge in [0, 0.05) is 5.38 Å². The third kappa shape index (κ3) is 2.97. The lowest BCUT2D eigenvalue weighted by atomic mass is 9.81. The molecule has 1 N–H and O–H groups in total. The van der Waals surface area contributed by atoms with E-state index in [0.717, 1.165) is 36.3 Å². The van der Waals surface area contributed by atoms with Crippen LogP contribution in [0.5, 0.6) is 0 Å². The van der Waals surface area contributed by atoms with Crippen molar-refractivity contribution in [3.05, 3.63) is 22.9 Å². The summed E-state index contributed by atoms with van der Waals surface area (Å²) in [5, 5.41) is 7.08. The van der Waals surface area contributed by atoms with Crippen LogP contribution >= 0.6 is 22.7 Å². The van der Waals surface area contributed by atoms with E-state index in [-0.39, 0.29) is 29.6 Å². The van der Waals surface area contributed by atoms with E-state index >= 15 is 0 Å². The molecule has 26 heavy (non-hydrogen) atoms. The van der Waals surface area contributed by atoms with Gasteiger partial charge in [0.1, 0.15) is 6.04 Å². The molecule has 1 saturated carbocycles. The molecule has 3 heterocycles. The van der Waals surface area contributed by atoms with Gasteiger partial charge in [0.15, 0.2) is 5.13 Å². The van der Waals surface area contributed by atoms with Gasteiger partial charge in [-0.3, -0.25) is 19.3 Å². The highest BCUT2D eigenvalue weighted by atomic mass is 32.1. The van der Waals surface area contributed by atoms with Crippen LogP contribution < -0.4 is 5.32 Å². The first kappa shape index (κ1) is 17.4. The lowest BCUT2D eigenvalue weighted by Gasteiger charge is -2.21. The van der Waals surface area contributed by atoms with Crippen molar-refractivity contribution >= 4 is 45.5 Å². The minimum absolute atomic E-state index is 0.194. The van der Waals surface area contributed by atoms with Gasteiger partial charge in [-0.2, -0.15) is 0 Å². The molecule has 3 amide bonds. The van der Waals surface area contributed by atoms with Crippen LogP contribution in [0.25, 0.3) is 10.6 Å². The number of carbonyl (C=O) groups excluding carboxylic acids is 3. The maximum Gasteiger partial charge on any atom is 0.249 e. The normalized spacial score (nSPS) is 23.8. The van der Waals surface area contributed by atoms with Crippen LogP contribution in [0.1, 0.15) is 32.6 Å². The van der Waals surface area contributed by atoms with Crippen molar-refractivity contribution in [1.29, 1.82) is 0 Å². The van der Waals surface area contributed by atoms with E-state index < -0.39 is 6.04 Å². The number of aromatic nitrogens is 1. The molecule has 2 aromatic heterocycles. The fourth-order valence-electron chi connectivity index (χ4n) is 3.77. The Kier molecular flexibility index (Phi) is 4.62. The second kappa shape index (κ2) is 6.92. The van der Waals surface area contributed by atoms with E-state index in [1.807, 2.05) is 22.9 Å². The van der Waals surface area contributed by atoms with Crippen molar-refractivity contribution in [3.8, 4) is 10.6 Å². The van der Waals surface area contributed by atoms with Crippen LogP contribution in [0.4, 0.5) is 5.13 Å². The van der Waals surface area contributed by atoms with E-state index in [4.69, 9.17) is 0 Å². The molecule has 0 spiro atoms. The Morgan fingerprint density at radius 1 is 1.23 bits per heavy atom. The fraction of sp³-hybridized carbons (Fsp3) is 0.444. The molecule has 0 bridgehead atoms. The van der Waals surface area contributed by atoms with Crippen LogP contribution in [0.2, 0.25) is 0 Å². The highest BCUT2D eigenvalue weighted by Crippen LogP contribution is 2.39. The molecule has 0 aromatic carbocycles. The lowest BCUT2D eigenvalue weighted by molar-refractivity contribution is -0.146. The largest absolute Gasteiger partial charge is 0.300 e. The number of hydrogen-bond donors (Lipinski definition) is 1. The van der Waals surface area contributed by atoms with Crippen LogP contribution in [-0.4, -0.2) is 33.6 Å². The van der Waals surface area contributed by atoms with Gasteiger partial charge in [0.2, 0.25) is 17.7 Å². The highest BCUT2D eigenvalue weighted by Gasteiger charge is 2.50. The second-order valence-corrected chi connectivity index (χ2v) is 8.53. The summed E-state index contributed by atoms with van der Waals surface area (Å²) >= 11 is 2.91. The maximum atomic E-state index is 12.6. The van der Waals surface area contributed by atoms with Crippen molar-refractivity contribution in [2.24, 2.45) is 11.8 Å². The first-order valence-corrected chi connectivity index (χ1v) is 10.5. The Morgan fingerprint density at radius 3 is 2.54 bits per heavy atom. The molecule has 6 nitrogen and oxygen atoms in total. The molecule has 2 aromatic rings. The monoisotopic (exact) mass is 389 g/mol. The Bertz CT molecular complexity index is 822. The molecule has 1 aliphatic heterocycles. The summed E-state index contributed by atoms with van der Waals surface area (Å²) in [6.07, 6.45) is 3.44. The first-order valence-electron chi connectivity index (χ1n) is 8.73. The Morgan fingerprint density at radius 2 is 1.92 bits per heavy atom. The standard InChI is InChI=1S/C18H19N3O3S2/c1-10(21-16(23)11-5-2-3-6-12(11)17(21)24)15(22)20-18-19-13(9-26-18)14-7-4-8-25-14/h4,7-12H,2-3,5-6H2,1H3,(H,19,20,22). The second-order valence-electron chi connectivity index (χ2n) is 6.72. The van der Waals surface area contributed by atoms with Crippen molar-refractivity contribution in [2.45, 2.75) is 38.6 Å². The van der Waals surface area contributed by atoms with Gasteiger partial charge in [0.25, 0.3) is 0 Å². The Balaban J connectivity index is 1.46. The number of rotatable bonds is 4. The van der Waals surface area contributed by atoms with Crippen molar-refractivity contribution in [2.75, 3.05) is 5.32 Å². The first-order chi connectivity index (χ1) is 12.6. The zero-order valence-electron chi connectivity index (χ0n) is 14.3. The molecule has 1 aliphatic carbocycles. The average Bonchev–Trinajstić information content (AvgIpc) is 3.36. The number of nitrogens with zero attached hydrogens (tertiary/aromatic N) is 2. The number of anilines is 1. The summed E-state index contributed by atoms with van der Waals surface area (Å²) in [5.74, 6) is -1.24. The predicted octanol–water partition coefficient (Wildman–Crippen LogP) is 3.37. The number of carbonyl (C=O) groups is 3. The number of thiophene rings is 1. The molecule has 2 aliphatic rings. The lowest BCUT2D eigenvalue weighted by Crippen LogP contribution is -2.46. The van der Waals surface area contributed by atoms with Crippen LogP contribution in [0, 0.1) is 11.8 Å². The van der Waals surface area contributed by atoms with Gasteiger partial charge >= 0.3 is 0 Å². The SMILES string of the molecule is CC(C(=O)Nc1nc(-c2cccs2)cs1)N1C(=O)C2CCCCC2C1=O. The van der Waals surface area contributed by atoms with Crippen molar-refractivity contribution < 1.29 is 14.4 Å². The number of nitrogens with one attached hydrogen (secondary N) is 1. The van der Waals surface area contributed by atoms with Gasteiger partial charge in [0.05, 0.1) is 22.4 Å².